The Bertz CT molecular complexity index is 496. The Morgan fingerprint density at radius 3 is 2.84 bits per heavy atom. The van der Waals surface area contributed by atoms with E-state index in [0.29, 0.717) is 5.82 Å². The Labute approximate surface area is 107 Å². The number of rotatable bonds is 2. The van der Waals surface area contributed by atoms with Gasteiger partial charge in [-0.15, -0.1) is 0 Å². The molecule has 1 aromatic rings. The molecule has 8 heteroatoms. The van der Waals surface area contributed by atoms with Crippen LogP contribution in [0.3, 0.4) is 0 Å². The zero-order valence-corrected chi connectivity index (χ0v) is 10.3. The van der Waals surface area contributed by atoms with Crippen LogP contribution in [-0.4, -0.2) is 28.3 Å². The molecule has 5 nitrogen and oxygen atoms in total. The van der Waals surface area contributed by atoms with Crippen molar-refractivity contribution < 1.29 is 22.7 Å². The summed E-state index contributed by atoms with van der Waals surface area (Å²) < 4.78 is 44.2. The molecule has 2 rings (SSSR count). The number of alkyl halides is 3. The van der Waals surface area contributed by atoms with Crippen LogP contribution in [0.4, 0.5) is 19.0 Å². The van der Waals surface area contributed by atoms with E-state index in [1.807, 2.05) is 0 Å². The minimum absolute atomic E-state index is 0.0395. The van der Waals surface area contributed by atoms with Crippen molar-refractivity contribution in [3.63, 3.8) is 0 Å². The molecular weight excluding hydrogens is 263 g/mol. The highest BCUT2D eigenvalue weighted by atomic mass is 19.4. The number of carbonyl (C=O) groups excluding carboxylic acids is 1. The first-order valence-electron chi connectivity index (χ1n) is 5.93. The molecular formula is C11H14F3N3O2. The standard InChI is InChI=1S/C11H14F3N3O2/c1-2-19-10(18)8-9(15)16-7-4-3-6(5-17(7)8)11(12,13)14/h6H,2-5,15H2,1H3. The first-order valence-corrected chi connectivity index (χ1v) is 5.93. The molecule has 0 radical (unpaired) electrons. The van der Waals surface area contributed by atoms with Crippen LogP contribution in [0.15, 0.2) is 0 Å². The van der Waals surface area contributed by atoms with Crippen molar-refractivity contribution in [2.45, 2.75) is 32.5 Å². The molecule has 0 fully saturated rings. The number of aryl methyl sites for hydroxylation is 1. The number of ether oxygens (including phenoxy) is 1. The van der Waals surface area contributed by atoms with Crippen molar-refractivity contribution in [2.75, 3.05) is 12.3 Å². The molecule has 0 saturated heterocycles. The Balaban J connectivity index is 2.34. The quantitative estimate of drug-likeness (QED) is 0.836. The van der Waals surface area contributed by atoms with E-state index in [-0.39, 0.29) is 37.5 Å². The summed E-state index contributed by atoms with van der Waals surface area (Å²) in [6, 6.07) is 0. The van der Waals surface area contributed by atoms with Crippen LogP contribution in [0.1, 0.15) is 29.7 Å². The van der Waals surface area contributed by atoms with Crippen molar-refractivity contribution in [1.29, 1.82) is 0 Å². The van der Waals surface area contributed by atoms with E-state index in [9.17, 15) is 18.0 Å². The van der Waals surface area contributed by atoms with E-state index < -0.39 is 18.1 Å². The van der Waals surface area contributed by atoms with Crippen molar-refractivity contribution in [2.24, 2.45) is 5.92 Å². The van der Waals surface area contributed by atoms with Gasteiger partial charge >= 0.3 is 12.1 Å². The van der Waals surface area contributed by atoms with Gasteiger partial charge in [0.05, 0.1) is 12.5 Å². The number of hydrogen-bond donors (Lipinski definition) is 1. The summed E-state index contributed by atoms with van der Waals surface area (Å²) in [7, 11) is 0. The van der Waals surface area contributed by atoms with Gasteiger partial charge in [0.15, 0.2) is 11.5 Å². The van der Waals surface area contributed by atoms with Crippen molar-refractivity contribution >= 4 is 11.8 Å². The third-order valence-electron chi connectivity index (χ3n) is 3.12. The minimum Gasteiger partial charge on any atom is -0.461 e. The lowest BCUT2D eigenvalue weighted by atomic mass is 9.99. The van der Waals surface area contributed by atoms with Crippen LogP contribution in [0.5, 0.6) is 0 Å². The lowest BCUT2D eigenvalue weighted by Crippen LogP contribution is -2.33. The molecule has 0 aliphatic carbocycles. The summed E-state index contributed by atoms with van der Waals surface area (Å²) in [5, 5.41) is 0. The number of aromatic nitrogens is 2. The number of nitrogens with zero attached hydrogens (tertiary/aromatic N) is 2. The van der Waals surface area contributed by atoms with Gasteiger partial charge in [0, 0.05) is 13.0 Å². The molecule has 0 spiro atoms. The van der Waals surface area contributed by atoms with E-state index in [1.165, 1.54) is 4.57 Å². The number of nitrogen functional groups attached to an aromatic ring is 1. The molecule has 1 atom stereocenters. The van der Waals surface area contributed by atoms with Crippen LogP contribution in [0, 0.1) is 5.92 Å². The van der Waals surface area contributed by atoms with Gasteiger partial charge in [-0.05, 0) is 13.3 Å². The molecule has 19 heavy (non-hydrogen) atoms. The molecule has 0 bridgehead atoms. The first-order chi connectivity index (χ1) is 8.84. The topological polar surface area (TPSA) is 70.1 Å². The fourth-order valence-corrected chi connectivity index (χ4v) is 2.20. The summed E-state index contributed by atoms with van der Waals surface area (Å²) in [5.74, 6) is -1.89. The lowest BCUT2D eigenvalue weighted by molar-refractivity contribution is -0.182. The van der Waals surface area contributed by atoms with Gasteiger partial charge < -0.3 is 15.0 Å². The summed E-state index contributed by atoms with van der Waals surface area (Å²) in [5.41, 5.74) is 5.51. The van der Waals surface area contributed by atoms with Crippen LogP contribution in [0.25, 0.3) is 0 Å². The highest BCUT2D eigenvalue weighted by molar-refractivity contribution is 5.92. The first kappa shape index (κ1) is 13.7. The Morgan fingerprint density at radius 1 is 1.58 bits per heavy atom. The normalized spacial score (nSPS) is 19.1. The Kier molecular flexibility index (Phi) is 3.42. The molecule has 2 N–H and O–H groups in total. The number of nitrogens with two attached hydrogens (primary N) is 1. The maximum absolute atomic E-state index is 12.7. The highest BCUT2D eigenvalue weighted by Crippen LogP contribution is 2.35. The lowest BCUT2D eigenvalue weighted by Gasteiger charge is -2.26. The summed E-state index contributed by atoms with van der Waals surface area (Å²) >= 11 is 0. The molecule has 0 amide bonds. The summed E-state index contributed by atoms with van der Waals surface area (Å²) in [4.78, 5) is 15.7. The molecule has 1 unspecified atom stereocenters. The van der Waals surface area contributed by atoms with Gasteiger partial charge in [-0.1, -0.05) is 0 Å². The third kappa shape index (κ3) is 2.52. The van der Waals surface area contributed by atoms with Crippen molar-refractivity contribution in [3.05, 3.63) is 11.5 Å². The number of imidazole rings is 1. The second kappa shape index (κ2) is 4.75. The molecule has 1 aliphatic rings. The molecule has 0 aromatic carbocycles. The summed E-state index contributed by atoms with van der Waals surface area (Å²) in [6.07, 6.45) is -4.18. The fraction of sp³-hybridized carbons (Fsp3) is 0.636. The van der Waals surface area contributed by atoms with Gasteiger partial charge in [-0.2, -0.15) is 13.2 Å². The average molecular weight is 277 g/mol. The highest BCUT2D eigenvalue weighted by Gasteiger charge is 2.43. The number of halogens is 3. The van der Waals surface area contributed by atoms with Gasteiger partial charge in [-0.3, -0.25) is 0 Å². The molecule has 1 aromatic heterocycles. The van der Waals surface area contributed by atoms with E-state index >= 15 is 0 Å². The van der Waals surface area contributed by atoms with Gasteiger partial charge in [0.2, 0.25) is 0 Å². The van der Waals surface area contributed by atoms with Crippen LogP contribution in [-0.2, 0) is 17.7 Å². The predicted molar refractivity (Wildman–Crippen MR) is 60.5 cm³/mol. The maximum Gasteiger partial charge on any atom is 0.393 e. The number of anilines is 1. The van der Waals surface area contributed by atoms with E-state index in [1.54, 1.807) is 6.92 Å². The van der Waals surface area contributed by atoms with Crippen LogP contribution < -0.4 is 5.73 Å². The molecule has 106 valence electrons. The van der Waals surface area contributed by atoms with Crippen molar-refractivity contribution in [3.8, 4) is 0 Å². The van der Waals surface area contributed by atoms with Gasteiger partial charge in [0.1, 0.15) is 5.82 Å². The van der Waals surface area contributed by atoms with E-state index in [0.717, 1.165) is 0 Å². The van der Waals surface area contributed by atoms with E-state index in [4.69, 9.17) is 10.5 Å². The zero-order valence-electron chi connectivity index (χ0n) is 10.3. The number of carbonyl (C=O) groups is 1. The minimum atomic E-state index is -4.29. The fourth-order valence-electron chi connectivity index (χ4n) is 2.20. The second-order valence-electron chi connectivity index (χ2n) is 4.37. The Hall–Kier alpha value is -1.73. The van der Waals surface area contributed by atoms with E-state index in [2.05, 4.69) is 4.98 Å². The zero-order chi connectivity index (χ0) is 14.2. The van der Waals surface area contributed by atoms with Gasteiger partial charge in [-0.25, -0.2) is 9.78 Å². The molecule has 2 heterocycles. The Morgan fingerprint density at radius 2 is 2.26 bits per heavy atom. The second-order valence-corrected chi connectivity index (χ2v) is 4.37. The maximum atomic E-state index is 12.7. The summed E-state index contributed by atoms with van der Waals surface area (Å²) in [6.45, 7) is 1.40. The SMILES string of the molecule is CCOC(=O)c1c(N)nc2n1CC(C(F)(F)F)CC2. The predicted octanol–water partition coefficient (Wildman–Crippen LogP) is 1.77. The molecule has 0 saturated carbocycles. The van der Waals surface area contributed by atoms with Crippen molar-refractivity contribution in [1.82, 2.24) is 9.55 Å². The molecule has 1 aliphatic heterocycles. The largest absolute Gasteiger partial charge is 0.461 e. The number of fused-ring (bicyclic) bond motifs is 1. The third-order valence-corrected chi connectivity index (χ3v) is 3.12. The van der Waals surface area contributed by atoms with Crippen LogP contribution in [0.2, 0.25) is 0 Å². The van der Waals surface area contributed by atoms with Gasteiger partial charge in [0.25, 0.3) is 0 Å². The monoisotopic (exact) mass is 277 g/mol. The van der Waals surface area contributed by atoms with Crippen LogP contribution >= 0.6 is 0 Å². The number of esters is 1. The average Bonchev–Trinajstić information content (AvgIpc) is 2.62. The smallest absolute Gasteiger partial charge is 0.393 e. The number of hydrogen-bond acceptors (Lipinski definition) is 4.